The Kier molecular flexibility index (Phi) is 3.49. The molecular weight excluding hydrogens is 304 g/mol. The maximum absolute atomic E-state index is 12.7. The minimum atomic E-state index is -0.253. The van der Waals surface area contributed by atoms with Crippen LogP contribution in [0.5, 0.6) is 5.75 Å². The van der Waals surface area contributed by atoms with Crippen LogP contribution < -0.4 is 10.1 Å². The predicted octanol–water partition coefficient (Wildman–Crippen LogP) is 2.19. The van der Waals surface area contributed by atoms with Crippen molar-refractivity contribution in [1.29, 1.82) is 0 Å². The first-order chi connectivity index (χ1) is 11.8. The summed E-state index contributed by atoms with van der Waals surface area (Å²) in [5, 5.41) is 2.90. The normalized spacial score (nSPS) is 15.1. The summed E-state index contributed by atoms with van der Waals surface area (Å²) in [7, 11) is 1.55. The largest absolute Gasteiger partial charge is 0.496 e. The van der Waals surface area contributed by atoms with E-state index in [0.717, 1.165) is 17.1 Å². The number of methoxy groups -OCH3 is 1. The first kappa shape index (κ1) is 14.4. The van der Waals surface area contributed by atoms with Gasteiger partial charge in [-0.15, -0.1) is 0 Å². The Balaban J connectivity index is 1.69. The van der Waals surface area contributed by atoms with E-state index in [0.29, 0.717) is 30.4 Å². The number of fused-ring (bicyclic) bond motifs is 3. The fourth-order valence-electron chi connectivity index (χ4n) is 2.92. The molecule has 0 fully saturated rings. The molecule has 0 atom stereocenters. The molecule has 2 aliphatic rings. The van der Waals surface area contributed by atoms with Gasteiger partial charge < -0.3 is 4.74 Å². The lowest BCUT2D eigenvalue weighted by molar-refractivity contribution is 0.0971. The summed E-state index contributed by atoms with van der Waals surface area (Å²) in [5.41, 5.74) is 2.27. The van der Waals surface area contributed by atoms with Crippen LogP contribution >= 0.6 is 0 Å². The van der Waals surface area contributed by atoms with Crippen molar-refractivity contribution in [3.8, 4) is 5.75 Å². The molecule has 4 rings (SSSR count). The first-order valence-electron chi connectivity index (χ1n) is 7.72. The molecule has 0 radical (unpaired) electrons. The number of ether oxygens (including phenoxy) is 1. The lowest BCUT2D eigenvalue weighted by atomic mass is 10.1. The second-order valence-corrected chi connectivity index (χ2v) is 5.46. The maximum Gasteiger partial charge on any atom is 0.261 e. The van der Waals surface area contributed by atoms with Crippen LogP contribution in [0.1, 0.15) is 15.9 Å². The van der Waals surface area contributed by atoms with Crippen LogP contribution in [0.3, 0.4) is 0 Å². The van der Waals surface area contributed by atoms with E-state index in [1.807, 2.05) is 35.2 Å². The summed E-state index contributed by atoms with van der Waals surface area (Å²) in [6, 6.07) is 14.9. The van der Waals surface area contributed by atoms with E-state index in [9.17, 15) is 4.79 Å². The van der Waals surface area contributed by atoms with Crippen molar-refractivity contribution < 1.29 is 9.53 Å². The molecule has 0 unspecified atom stereocenters. The van der Waals surface area contributed by atoms with Gasteiger partial charge in [0, 0.05) is 12.1 Å². The number of benzene rings is 2. The topological polar surface area (TPSA) is 66.3 Å². The number of rotatable bonds is 2. The highest BCUT2D eigenvalue weighted by atomic mass is 16.5. The zero-order valence-electron chi connectivity index (χ0n) is 13.2. The number of guanidine groups is 1. The number of hydrogen-bond donors (Lipinski definition) is 1. The van der Waals surface area contributed by atoms with E-state index in [2.05, 4.69) is 15.3 Å². The smallest absolute Gasteiger partial charge is 0.261 e. The Morgan fingerprint density at radius 1 is 1.17 bits per heavy atom. The van der Waals surface area contributed by atoms with Crippen molar-refractivity contribution >= 4 is 23.4 Å². The summed E-state index contributed by atoms with van der Waals surface area (Å²) < 4.78 is 5.26. The fourth-order valence-corrected chi connectivity index (χ4v) is 2.92. The SMILES string of the molecule is COc1ccccc1C(=O)NC1=Nc2ccccc2C2=NCCN12. The van der Waals surface area contributed by atoms with Gasteiger partial charge >= 0.3 is 0 Å². The van der Waals surface area contributed by atoms with Gasteiger partial charge in [0.05, 0.1) is 24.9 Å². The van der Waals surface area contributed by atoms with Crippen molar-refractivity contribution in [2.45, 2.75) is 0 Å². The van der Waals surface area contributed by atoms with E-state index in [4.69, 9.17) is 4.74 Å². The van der Waals surface area contributed by atoms with Crippen LogP contribution in [0.25, 0.3) is 0 Å². The molecule has 2 aromatic rings. The molecule has 1 amide bonds. The standard InChI is InChI=1S/C18H16N4O2/c1-24-15-9-5-3-7-13(15)17(23)21-18-20-14-8-4-2-6-12(14)16-19-10-11-22(16)18/h2-9H,10-11H2,1H3,(H,20,21,23). The highest BCUT2D eigenvalue weighted by molar-refractivity contribution is 6.19. The Morgan fingerprint density at radius 2 is 1.96 bits per heavy atom. The van der Waals surface area contributed by atoms with Gasteiger partial charge in [0.15, 0.2) is 0 Å². The Morgan fingerprint density at radius 3 is 2.83 bits per heavy atom. The monoisotopic (exact) mass is 320 g/mol. The average molecular weight is 320 g/mol. The highest BCUT2D eigenvalue weighted by Gasteiger charge is 2.30. The predicted molar refractivity (Wildman–Crippen MR) is 92.1 cm³/mol. The summed E-state index contributed by atoms with van der Waals surface area (Å²) in [6.07, 6.45) is 0. The quantitative estimate of drug-likeness (QED) is 0.922. The average Bonchev–Trinajstić information content (AvgIpc) is 3.12. The molecule has 1 N–H and O–H groups in total. The second kappa shape index (κ2) is 5.81. The van der Waals surface area contributed by atoms with E-state index in [1.54, 1.807) is 25.3 Å². The Bertz CT molecular complexity index is 873. The van der Waals surface area contributed by atoms with Crippen LogP contribution in [-0.4, -0.2) is 42.8 Å². The van der Waals surface area contributed by atoms with Gasteiger partial charge in [0.2, 0.25) is 5.96 Å². The third kappa shape index (κ3) is 2.32. The first-order valence-corrected chi connectivity index (χ1v) is 7.72. The number of para-hydroxylation sites is 2. The van der Waals surface area contributed by atoms with Gasteiger partial charge in [-0.25, -0.2) is 4.99 Å². The minimum Gasteiger partial charge on any atom is -0.496 e. The number of nitrogens with zero attached hydrogens (tertiary/aromatic N) is 3. The lowest BCUT2D eigenvalue weighted by Gasteiger charge is -2.27. The van der Waals surface area contributed by atoms with Crippen molar-refractivity contribution in [1.82, 2.24) is 10.2 Å². The molecule has 0 aliphatic carbocycles. The van der Waals surface area contributed by atoms with Crippen molar-refractivity contribution in [2.75, 3.05) is 20.2 Å². The van der Waals surface area contributed by atoms with E-state index < -0.39 is 0 Å². The van der Waals surface area contributed by atoms with Crippen LogP contribution in [0.2, 0.25) is 0 Å². The van der Waals surface area contributed by atoms with Crippen LogP contribution in [0.4, 0.5) is 5.69 Å². The number of aliphatic imine (C=N–C) groups is 2. The van der Waals surface area contributed by atoms with Gasteiger partial charge in [-0.1, -0.05) is 24.3 Å². The van der Waals surface area contributed by atoms with Crippen molar-refractivity contribution in [3.05, 3.63) is 59.7 Å². The zero-order valence-corrected chi connectivity index (χ0v) is 13.2. The fraction of sp³-hybridized carbons (Fsp3) is 0.167. The van der Waals surface area contributed by atoms with Gasteiger partial charge in [-0.2, -0.15) is 0 Å². The Labute approximate surface area is 139 Å². The molecule has 6 nitrogen and oxygen atoms in total. The minimum absolute atomic E-state index is 0.253. The molecule has 0 spiro atoms. The molecule has 24 heavy (non-hydrogen) atoms. The lowest BCUT2D eigenvalue weighted by Crippen LogP contribution is -2.47. The maximum atomic E-state index is 12.7. The van der Waals surface area contributed by atoms with Crippen molar-refractivity contribution in [2.24, 2.45) is 9.98 Å². The molecule has 0 saturated carbocycles. The summed E-state index contributed by atoms with van der Waals surface area (Å²) >= 11 is 0. The number of carbonyl (C=O) groups is 1. The number of amidine groups is 1. The number of hydrogen-bond acceptors (Lipinski definition) is 5. The van der Waals surface area contributed by atoms with Gasteiger partial charge in [0.1, 0.15) is 11.6 Å². The number of nitrogens with one attached hydrogen (secondary N) is 1. The molecule has 120 valence electrons. The molecular formula is C18H16N4O2. The number of carbonyl (C=O) groups excluding carboxylic acids is 1. The van der Waals surface area contributed by atoms with Gasteiger partial charge in [-0.05, 0) is 24.3 Å². The van der Waals surface area contributed by atoms with E-state index in [1.165, 1.54) is 0 Å². The summed E-state index contributed by atoms with van der Waals surface area (Å²) in [4.78, 5) is 23.7. The van der Waals surface area contributed by atoms with Crippen LogP contribution in [-0.2, 0) is 0 Å². The van der Waals surface area contributed by atoms with Crippen LogP contribution in [0.15, 0.2) is 58.5 Å². The van der Waals surface area contributed by atoms with Crippen molar-refractivity contribution in [3.63, 3.8) is 0 Å². The molecule has 0 bridgehead atoms. The van der Waals surface area contributed by atoms with E-state index >= 15 is 0 Å². The Hall–Kier alpha value is -3.15. The second-order valence-electron chi connectivity index (χ2n) is 5.46. The summed E-state index contributed by atoms with van der Waals surface area (Å²) in [6.45, 7) is 1.39. The molecule has 0 aromatic heterocycles. The molecule has 2 heterocycles. The molecule has 2 aliphatic heterocycles. The van der Waals surface area contributed by atoms with Crippen LogP contribution in [0, 0.1) is 0 Å². The summed E-state index contributed by atoms with van der Waals surface area (Å²) in [5.74, 6) is 1.63. The molecule has 6 heteroatoms. The third-order valence-corrected chi connectivity index (χ3v) is 4.04. The molecule has 2 aromatic carbocycles. The molecule has 0 saturated heterocycles. The zero-order chi connectivity index (χ0) is 16.5. The highest BCUT2D eigenvalue weighted by Crippen LogP contribution is 2.28. The van der Waals surface area contributed by atoms with E-state index in [-0.39, 0.29) is 5.91 Å². The van der Waals surface area contributed by atoms with Gasteiger partial charge in [0.25, 0.3) is 5.91 Å². The van der Waals surface area contributed by atoms with Gasteiger partial charge in [-0.3, -0.25) is 20.0 Å². The number of amides is 1. The third-order valence-electron chi connectivity index (χ3n) is 4.04.